The van der Waals surface area contributed by atoms with Crippen molar-refractivity contribution in [1.29, 1.82) is 0 Å². The monoisotopic (exact) mass is 319 g/mol. The van der Waals surface area contributed by atoms with E-state index < -0.39 is 5.97 Å². The number of aryl methyl sites for hydroxylation is 1. The first kappa shape index (κ1) is 16.1. The summed E-state index contributed by atoms with van der Waals surface area (Å²) in [5.41, 5.74) is 0.830. The molecule has 5 heteroatoms. The average Bonchev–Trinajstić information content (AvgIpc) is 2.95. The molecule has 1 aromatic heterocycles. The summed E-state index contributed by atoms with van der Waals surface area (Å²) < 4.78 is 10.3. The maximum atomic E-state index is 12.5. The van der Waals surface area contributed by atoms with E-state index in [0.29, 0.717) is 11.3 Å². The summed E-state index contributed by atoms with van der Waals surface area (Å²) in [6, 6.07) is 1.83. The van der Waals surface area contributed by atoms with Crippen molar-refractivity contribution in [1.82, 2.24) is 4.90 Å². The standard InChI is InChI=1S/C18H25NO4/c1-12-14(5-6-22-12)16(21)23-9-15(20)19-11-18(4)8-13(19)7-17(2,3)10-18/h5-6,13H,7-11H2,1-4H3/t13-,18-/m1/s1. The van der Waals surface area contributed by atoms with Crippen molar-refractivity contribution in [2.75, 3.05) is 13.2 Å². The fraction of sp³-hybridized carbons (Fsp3) is 0.667. The molecule has 0 spiro atoms. The predicted molar refractivity (Wildman–Crippen MR) is 85.0 cm³/mol. The molecule has 23 heavy (non-hydrogen) atoms. The molecule has 2 aliphatic rings. The van der Waals surface area contributed by atoms with Crippen LogP contribution in [0.15, 0.2) is 16.7 Å². The summed E-state index contributed by atoms with van der Waals surface area (Å²) >= 11 is 0. The molecule has 126 valence electrons. The molecule has 0 radical (unpaired) electrons. The Morgan fingerprint density at radius 3 is 2.74 bits per heavy atom. The number of likely N-dealkylation sites (tertiary alicyclic amines) is 1. The van der Waals surface area contributed by atoms with Crippen molar-refractivity contribution in [2.24, 2.45) is 10.8 Å². The van der Waals surface area contributed by atoms with Gasteiger partial charge in [0.25, 0.3) is 5.91 Å². The van der Waals surface area contributed by atoms with Crippen LogP contribution < -0.4 is 0 Å². The first-order chi connectivity index (χ1) is 10.7. The minimum Gasteiger partial charge on any atom is -0.469 e. The van der Waals surface area contributed by atoms with E-state index in [4.69, 9.17) is 9.15 Å². The highest BCUT2D eigenvalue weighted by molar-refractivity contribution is 5.92. The zero-order chi connectivity index (χ0) is 16.8. The van der Waals surface area contributed by atoms with Crippen LogP contribution in [0, 0.1) is 17.8 Å². The highest BCUT2D eigenvalue weighted by Crippen LogP contribution is 2.52. The van der Waals surface area contributed by atoms with Crippen molar-refractivity contribution in [3.63, 3.8) is 0 Å². The van der Waals surface area contributed by atoms with E-state index in [1.54, 1.807) is 13.0 Å². The van der Waals surface area contributed by atoms with Gasteiger partial charge in [-0.25, -0.2) is 4.79 Å². The van der Waals surface area contributed by atoms with Crippen LogP contribution in [-0.4, -0.2) is 36.0 Å². The van der Waals surface area contributed by atoms with Crippen molar-refractivity contribution in [3.05, 3.63) is 23.7 Å². The highest BCUT2D eigenvalue weighted by Gasteiger charge is 2.50. The SMILES string of the molecule is Cc1occc1C(=O)OCC(=O)N1C[C@]2(C)C[C@H]1CC(C)(C)C2. The average molecular weight is 319 g/mol. The lowest BCUT2D eigenvalue weighted by atomic mass is 9.65. The van der Waals surface area contributed by atoms with Gasteiger partial charge in [-0.2, -0.15) is 0 Å². The molecule has 0 unspecified atom stereocenters. The second-order valence-corrected chi connectivity index (χ2v) is 8.20. The molecule has 0 aromatic carbocycles. The fourth-order valence-electron chi connectivity index (χ4n) is 4.64. The van der Waals surface area contributed by atoms with Crippen molar-refractivity contribution in [3.8, 4) is 0 Å². The maximum absolute atomic E-state index is 12.5. The molecule has 1 saturated heterocycles. The number of esters is 1. The van der Waals surface area contributed by atoms with Gasteiger partial charge in [0.2, 0.25) is 0 Å². The number of carbonyl (C=O) groups is 2. The number of fused-ring (bicyclic) bond motifs is 2. The van der Waals surface area contributed by atoms with E-state index in [2.05, 4.69) is 20.8 Å². The third-order valence-corrected chi connectivity index (χ3v) is 5.14. The minimum absolute atomic E-state index is 0.0917. The van der Waals surface area contributed by atoms with Crippen molar-refractivity contribution >= 4 is 11.9 Å². The molecule has 2 heterocycles. The highest BCUT2D eigenvalue weighted by atomic mass is 16.5. The molecule has 2 bridgehead atoms. The summed E-state index contributed by atoms with van der Waals surface area (Å²) in [5, 5.41) is 0. The Bertz CT molecular complexity index is 633. The lowest BCUT2D eigenvalue weighted by molar-refractivity contribution is -0.135. The number of hydrogen-bond donors (Lipinski definition) is 0. The van der Waals surface area contributed by atoms with E-state index in [1.165, 1.54) is 6.26 Å². The van der Waals surface area contributed by atoms with Crippen LogP contribution in [0.25, 0.3) is 0 Å². The van der Waals surface area contributed by atoms with Gasteiger partial charge in [0.05, 0.1) is 6.26 Å². The zero-order valence-corrected chi connectivity index (χ0v) is 14.3. The van der Waals surface area contributed by atoms with E-state index in [1.807, 2.05) is 4.90 Å². The first-order valence-corrected chi connectivity index (χ1v) is 8.20. The summed E-state index contributed by atoms with van der Waals surface area (Å²) in [6.45, 7) is 9.07. The minimum atomic E-state index is -0.502. The van der Waals surface area contributed by atoms with E-state index >= 15 is 0 Å². The molecule has 3 rings (SSSR count). The third-order valence-electron chi connectivity index (χ3n) is 5.14. The Morgan fingerprint density at radius 2 is 2.09 bits per heavy atom. The van der Waals surface area contributed by atoms with Gasteiger partial charge in [-0.1, -0.05) is 20.8 Å². The van der Waals surface area contributed by atoms with Crippen LogP contribution in [0.1, 0.15) is 56.2 Å². The lowest BCUT2D eigenvalue weighted by Crippen LogP contribution is -2.39. The Labute approximate surface area is 137 Å². The Kier molecular flexibility index (Phi) is 3.77. The topological polar surface area (TPSA) is 59.8 Å². The lowest BCUT2D eigenvalue weighted by Gasteiger charge is -2.39. The molecule has 1 amide bonds. The number of rotatable bonds is 3. The van der Waals surface area contributed by atoms with Crippen LogP contribution in [0.5, 0.6) is 0 Å². The molecule has 2 atom stereocenters. The summed E-state index contributed by atoms with van der Waals surface area (Å²) in [4.78, 5) is 26.4. The first-order valence-electron chi connectivity index (χ1n) is 8.20. The van der Waals surface area contributed by atoms with Gasteiger partial charge in [0.1, 0.15) is 11.3 Å². The van der Waals surface area contributed by atoms with Gasteiger partial charge < -0.3 is 14.1 Å². The maximum Gasteiger partial charge on any atom is 0.342 e. The van der Waals surface area contributed by atoms with Crippen LogP contribution in [0.3, 0.4) is 0 Å². The number of carbonyl (C=O) groups excluding carboxylic acids is 2. The number of ether oxygens (including phenoxy) is 1. The van der Waals surface area contributed by atoms with Gasteiger partial charge >= 0.3 is 5.97 Å². The predicted octanol–water partition coefficient (Wildman–Crippen LogP) is 3.17. The third kappa shape index (κ3) is 3.14. The fourth-order valence-corrected chi connectivity index (χ4v) is 4.64. The van der Waals surface area contributed by atoms with Crippen LogP contribution in [0.4, 0.5) is 0 Å². The van der Waals surface area contributed by atoms with E-state index in [0.717, 1.165) is 25.8 Å². The summed E-state index contributed by atoms with van der Waals surface area (Å²) in [5.74, 6) is -0.0852. The number of hydrogen-bond acceptors (Lipinski definition) is 4. The number of nitrogens with zero attached hydrogens (tertiary/aromatic N) is 1. The Balaban J connectivity index is 1.61. The van der Waals surface area contributed by atoms with Crippen LogP contribution in [0.2, 0.25) is 0 Å². The smallest absolute Gasteiger partial charge is 0.342 e. The summed E-state index contributed by atoms with van der Waals surface area (Å²) in [7, 11) is 0. The molecular formula is C18H25NO4. The normalized spacial score (nSPS) is 28.7. The molecular weight excluding hydrogens is 294 g/mol. The number of furan rings is 1. The molecule has 1 aliphatic carbocycles. The Morgan fingerprint density at radius 1 is 1.35 bits per heavy atom. The number of amides is 1. The van der Waals surface area contributed by atoms with Gasteiger partial charge in [0.15, 0.2) is 6.61 Å². The zero-order valence-electron chi connectivity index (χ0n) is 14.3. The quantitative estimate of drug-likeness (QED) is 0.803. The van der Waals surface area contributed by atoms with E-state index in [9.17, 15) is 9.59 Å². The molecule has 1 aromatic rings. The molecule has 5 nitrogen and oxygen atoms in total. The van der Waals surface area contributed by atoms with E-state index in [-0.39, 0.29) is 29.4 Å². The second kappa shape index (κ2) is 5.39. The Hall–Kier alpha value is -1.78. The summed E-state index contributed by atoms with van der Waals surface area (Å²) in [6.07, 6.45) is 4.65. The molecule has 2 fully saturated rings. The molecule has 1 aliphatic heterocycles. The van der Waals surface area contributed by atoms with Crippen molar-refractivity contribution < 1.29 is 18.7 Å². The van der Waals surface area contributed by atoms with Crippen LogP contribution >= 0.6 is 0 Å². The second-order valence-electron chi connectivity index (χ2n) is 8.20. The molecule has 0 N–H and O–H groups in total. The van der Waals surface area contributed by atoms with Crippen LogP contribution in [-0.2, 0) is 9.53 Å². The van der Waals surface area contributed by atoms with Gasteiger partial charge in [-0.15, -0.1) is 0 Å². The largest absolute Gasteiger partial charge is 0.469 e. The van der Waals surface area contributed by atoms with Gasteiger partial charge in [0, 0.05) is 12.6 Å². The van der Waals surface area contributed by atoms with Gasteiger partial charge in [-0.05, 0) is 43.1 Å². The van der Waals surface area contributed by atoms with Crippen molar-refractivity contribution in [2.45, 2.75) is 53.0 Å². The molecule has 1 saturated carbocycles. The van der Waals surface area contributed by atoms with Gasteiger partial charge in [-0.3, -0.25) is 4.79 Å².